The number of rotatable bonds is 6. The zero-order valence-electron chi connectivity index (χ0n) is 9.54. The van der Waals surface area contributed by atoms with E-state index in [2.05, 4.69) is 5.32 Å². The van der Waals surface area contributed by atoms with E-state index in [1.54, 1.807) is 0 Å². The van der Waals surface area contributed by atoms with Crippen LogP contribution in [0.2, 0.25) is 0 Å². The Balaban J connectivity index is 2.43. The third-order valence-electron chi connectivity index (χ3n) is 3.02. The molecule has 0 heterocycles. The highest BCUT2D eigenvalue weighted by Gasteiger charge is 2.25. The van der Waals surface area contributed by atoms with Gasteiger partial charge in [-0.05, 0) is 19.9 Å². The molecular weight excluding hydrogens is 192 g/mol. The number of carbonyl (C=O) groups excluding carboxylic acids is 1. The summed E-state index contributed by atoms with van der Waals surface area (Å²) in [6.07, 6.45) is 5.17. The molecule has 1 aliphatic carbocycles. The number of aliphatic hydroxyl groups is 1. The van der Waals surface area contributed by atoms with Crippen LogP contribution in [-0.2, 0) is 4.79 Å². The molecule has 0 aliphatic heterocycles. The van der Waals surface area contributed by atoms with Gasteiger partial charge in [-0.2, -0.15) is 0 Å². The Morgan fingerprint density at radius 1 is 1.47 bits per heavy atom. The summed E-state index contributed by atoms with van der Waals surface area (Å²) in [4.78, 5) is 13.7. The van der Waals surface area contributed by atoms with Crippen LogP contribution in [0.4, 0.5) is 0 Å². The molecule has 0 saturated heterocycles. The zero-order valence-corrected chi connectivity index (χ0v) is 9.54. The van der Waals surface area contributed by atoms with E-state index in [4.69, 9.17) is 5.11 Å². The molecule has 0 aromatic carbocycles. The van der Waals surface area contributed by atoms with Crippen LogP contribution in [0.1, 0.15) is 32.1 Å². The summed E-state index contributed by atoms with van der Waals surface area (Å²) in [6, 6.07) is 0.376. The first-order valence-corrected chi connectivity index (χ1v) is 5.84. The lowest BCUT2D eigenvalue weighted by Gasteiger charge is -2.28. The van der Waals surface area contributed by atoms with E-state index < -0.39 is 0 Å². The van der Waals surface area contributed by atoms with Gasteiger partial charge in [0, 0.05) is 25.6 Å². The minimum absolute atomic E-state index is 0.0712. The van der Waals surface area contributed by atoms with Crippen molar-refractivity contribution < 1.29 is 9.90 Å². The SMILES string of the molecule is CNCCC(=O)N(CCO)C1CCCC1. The van der Waals surface area contributed by atoms with Crippen molar-refractivity contribution in [3.63, 3.8) is 0 Å². The Morgan fingerprint density at radius 3 is 2.67 bits per heavy atom. The lowest BCUT2D eigenvalue weighted by atomic mass is 10.2. The molecule has 15 heavy (non-hydrogen) atoms. The van der Waals surface area contributed by atoms with Crippen molar-refractivity contribution in [2.45, 2.75) is 38.1 Å². The topological polar surface area (TPSA) is 52.6 Å². The quantitative estimate of drug-likeness (QED) is 0.671. The van der Waals surface area contributed by atoms with Crippen molar-refractivity contribution in [3.05, 3.63) is 0 Å². The fraction of sp³-hybridized carbons (Fsp3) is 0.909. The van der Waals surface area contributed by atoms with Gasteiger partial charge in [0.15, 0.2) is 0 Å². The Labute approximate surface area is 91.6 Å². The number of aliphatic hydroxyl groups excluding tert-OH is 1. The van der Waals surface area contributed by atoms with Gasteiger partial charge in [0.1, 0.15) is 0 Å². The summed E-state index contributed by atoms with van der Waals surface area (Å²) < 4.78 is 0. The lowest BCUT2D eigenvalue weighted by molar-refractivity contribution is -0.133. The second-order valence-electron chi connectivity index (χ2n) is 4.10. The number of hydrogen-bond acceptors (Lipinski definition) is 3. The molecule has 0 radical (unpaired) electrons. The summed E-state index contributed by atoms with van der Waals surface area (Å²) in [6.45, 7) is 1.28. The fourth-order valence-corrected chi connectivity index (χ4v) is 2.21. The smallest absolute Gasteiger partial charge is 0.224 e. The minimum Gasteiger partial charge on any atom is -0.395 e. The van der Waals surface area contributed by atoms with E-state index in [0.717, 1.165) is 12.8 Å². The number of nitrogens with zero attached hydrogens (tertiary/aromatic N) is 1. The molecule has 4 nitrogen and oxygen atoms in total. The third kappa shape index (κ3) is 3.80. The van der Waals surface area contributed by atoms with Crippen molar-refractivity contribution in [2.24, 2.45) is 0 Å². The van der Waals surface area contributed by atoms with E-state index in [1.807, 2.05) is 11.9 Å². The predicted molar refractivity (Wildman–Crippen MR) is 59.6 cm³/mol. The molecule has 0 unspecified atom stereocenters. The maximum atomic E-state index is 11.9. The molecule has 0 bridgehead atoms. The highest BCUT2D eigenvalue weighted by atomic mass is 16.3. The van der Waals surface area contributed by atoms with Gasteiger partial charge >= 0.3 is 0 Å². The number of hydrogen-bond donors (Lipinski definition) is 2. The Kier molecular flexibility index (Phi) is 5.65. The van der Waals surface area contributed by atoms with Crippen LogP contribution < -0.4 is 5.32 Å². The van der Waals surface area contributed by atoms with Crippen molar-refractivity contribution in [1.82, 2.24) is 10.2 Å². The molecule has 0 aromatic rings. The summed E-state index contributed by atoms with van der Waals surface area (Å²) in [7, 11) is 1.85. The molecule has 1 aliphatic rings. The largest absolute Gasteiger partial charge is 0.395 e. The minimum atomic E-state index is 0.0712. The van der Waals surface area contributed by atoms with E-state index in [-0.39, 0.29) is 12.5 Å². The van der Waals surface area contributed by atoms with Crippen LogP contribution in [0.5, 0.6) is 0 Å². The molecule has 0 spiro atoms. The second kappa shape index (κ2) is 6.80. The maximum absolute atomic E-state index is 11.9. The second-order valence-corrected chi connectivity index (χ2v) is 4.10. The molecule has 4 heteroatoms. The van der Waals surface area contributed by atoms with Gasteiger partial charge in [0.05, 0.1) is 6.61 Å². The van der Waals surface area contributed by atoms with Crippen molar-refractivity contribution in [1.29, 1.82) is 0 Å². The zero-order chi connectivity index (χ0) is 11.1. The predicted octanol–water partition coefficient (Wildman–Crippen LogP) is 0.359. The number of amides is 1. The van der Waals surface area contributed by atoms with E-state index in [0.29, 0.717) is 25.6 Å². The molecule has 0 aromatic heterocycles. The third-order valence-corrected chi connectivity index (χ3v) is 3.02. The van der Waals surface area contributed by atoms with Crippen LogP contribution in [0.25, 0.3) is 0 Å². The van der Waals surface area contributed by atoms with Crippen molar-refractivity contribution in [2.75, 3.05) is 26.7 Å². The monoisotopic (exact) mass is 214 g/mol. The van der Waals surface area contributed by atoms with Crippen LogP contribution in [0.3, 0.4) is 0 Å². The van der Waals surface area contributed by atoms with Gasteiger partial charge in [0.25, 0.3) is 0 Å². The standard InChI is InChI=1S/C11H22N2O2/c1-12-7-6-11(15)13(8-9-14)10-4-2-3-5-10/h10,12,14H,2-9H2,1H3. The summed E-state index contributed by atoms with van der Waals surface area (Å²) in [5.41, 5.74) is 0. The number of carbonyl (C=O) groups is 1. The molecule has 1 saturated carbocycles. The van der Waals surface area contributed by atoms with Gasteiger partial charge in [0.2, 0.25) is 5.91 Å². The first-order chi connectivity index (χ1) is 7.29. The fourth-order valence-electron chi connectivity index (χ4n) is 2.21. The normalized spacial score (nSPS) is 16.9. The van der Waals surface area contributed by atoms with Gasteiger partial charge in [-0.25, -0.2) is 0 Å². The average Bonchev–Trinajstić information content (AvgIpc) is 2.75. The van der Waals surface area contributed by atoms with Gasteiger partial charge in [-0.3, -0.25) is 4.79 Å². The van der Waals surface area contributed by atoms with Crippen molar-refractivity contribution in [3.8, 4) is 0 Å². The first kappa shape index (κ1) is 12.5. The number of nitrogens with one attached hydrogen (secondary N) is 1. The average molecular weight is 214 g/mol. The van der Waals surface area contributed by atoms with Gasteiger partial charge in [-0.1, -0.05) is 12.8 Å². The Morgan fingerprint density at radius 2 is 2.13 bits per heavy atom. The first-order valence-electron chi connectivity index (χ1n) is 5.84. The Hall–Kier alpha value is -0.610. The Bertz CT molecular complexity index is 191. The lowest BCUT2D eigenvalue weighted by Crippen LogP contribution is -2.41. The summed E-state index contributed by atoms with van der Waals surface area (Å²) >= 11 is 0. The van der Waals surface area contributed by atoms with Crippen LogP contribution >= 0.6 is 0 Å². The van der Waals surface area contributed by atoms with Crippen LogP contribution in [0.15, 0.2) is 0 Å². The van der Waals surface area contributed by atoms with E-state index in [1.165, 1.54) is 12.8 Å². The van der Waals surface area contributed by atoms with Crippen LogP contribution in [-0.4, -0.2) is 48.7 Å². The highest BCUT2D eigenvalue weighted by Crippen LogP contribution is 2.23. The molecule has 88 valence electrons. The molecule has 0 atom stereocenters. The van der Waals surface area contributed by atoms with E-state index in [9.17, 15) is 4.79 Å². The van der Waals surface area contributed by atoms with Crippen LogP contribution in [0, 0.1) is 0 Å². The molecule has 1 fully saturated rings. The van der Waals surface area contributed by atoms with E-state index >= 15 is 0 Å². The van der Waals surface area contributed by atoms with Crippen molar-refractivity contribution >= 4 is 5.91 Å². The maximum Gasteiger partial charge on any atom is 0.224 e. The highest BCUT2D eigenvalue weighted by molar-refractivity contribution is 5.76. The molecule has 1 amide bonds. The van der Waals surface area contributed by atoms with Gasteiger partial charge < -0.3 is 15.3 Å². The van der Waals surface area contributed by atoms with Gasteiger partial charge in [-0.15, -0.1) is 0 Å². The molecule has 1 rings (SSSR count). The summed E-state index contributed by atoms with van der Waals surface area (Å²) in [5.74, 6) is 0.172. The summed E-state index contributed by atoms with van der Waals surface area (Å²) in [5, 5.41) is 11.9. The molecular formula is C11H22N2O2. The molecule has 2 N–H and O–H groups in total.